The minimum atomic E-state index is -0.896. The Kier molecular flexibility index (Phi) is 4.21. The molecule has 0 radical (unpaired) electrons. The second kappa shape index (κ2) is 6.30. The van der Waals surface area contributed by atoms with Crippen LogP contribution in [-0.4, -0.2) is 28.9 Å². The lowest BCUT2D eigenvalue weighted by Crippen LogP contribution is -2.10. The number of hydrogen-bond donors (Lipinski definition) is 1. The van der Waals surface area contributed by atoms with Crippen molar-refractivity contribution >= 4 is 11.0 Å². The van der Waals surface area contributed by atoms with Crippen LogP contribution in [0.5, 0.6) is 11.5 Å². The van der Waals surface area contributed by atoms with E-state index in [0.717, 1.165) is 17.6 Å². The summed E-state index contributed by atoms with van der Waals surface area (Å²) < 4.78 is 12.8. The zero-order chi connectivity index (χ0) is 16.4. The SMILES string of the molecule is CCn1c([C@@H](O)c2cccc(OC)c2OC)nc2ccccc21. The number of nitrogens with zero attached hydrogens (tertiary/aromatic N) is 2. The fraction of sp³-hybridized carbons (Fsp3) is 0.278. The average molecular weight is 312 g/mol. The molecule has 0 amide bonds. The Balaban J connectivity index is 2.16. The summed E-state index contributed by atoms with van der Waals surface area (Å²) in [7, 11) is 3.15. The van der Waals surface area contributed by atoms with E-state index in [4.69, 9.17) is 9.47 Å². The number of hydrogen-bond acceptors (Lipinski definition) is 4. The van der Waals surface area contributed by atoms with E-state index in [2.05, 4.69) is 4.98 Å². The fourth-order valence-electron chi connectivity index (χ4n) is 2.90. The maximum absolute atomic E-state index is 10.9. The van der Waals surface area contributed by atoms with Gasteiger partial charge in [-0.05, 0) is 25.1 Å². The number of aromatic nitrogens is 2. The predicted molar refractivity (Wildman–Crippen MR) is 89.0 cm³/mol. The highest BCUT2D eigenvalue weighted by Gasteiger charge is 2.23. The molecule has 2 aromatic carbocycles. The number of para-hydroxylation sites is 3. The molecule has 0 saturated heterocycles. The molecule has 120 valence electrons. The molecule has 5 heteroatoms. The third-order valence-corrected chi connectivity index (χ3v) is 3.97. The first-order valence-electron chi connectivity index (χ1n) is 7.55. The molecule has 1 heterocycles. The zero-order valence-corrected chi connectivity index (χ0v) is 13.5. The predicted octanol–water partition coefficient (Wildman–Crippen LogP) is 3.16. The van der Waals surface area contributed by atoms with Crippen LogP contribution in [0.2, 0.25) is 0 Å². The molecule has 0 bridgehead atoms. The Morgan fingerprint density at radius 1 is 1.09 bits per heavy atom. The first-order valence-corrected chi connectivity index (χ1v) is 7.55. The van der Waals surface area contributed by atoms with Crippen molar-refractivity contribution in [3.63, 3.8) is 0 Å². The monoisotopic (exact) mass is 312 g/mol. The van der Waals surface area contributed by atoms with Crippen LogP contribution >= 0.6 is 0 Å². The Hall–Kier alpha value is -2.53. The van der Waals surface area contributed by atoms with Gasteiger partial charge in [0, 0.05) is 12.1 Å². The molecule has 5 nitrogen and oxygen atoms in total. The Labute approximate surface area is 135 Å². The third kappa shape index (κ3) is 2.53. The van der Waals surface area contributed by atoms with Crippen LogP contribution in [0.25, 0.3) is 11.0 Å². The van der Waals surface area contributed by atoms with Crippen LogP contribution in [-0.2, 0) is 6.54 Å². The molecule has 1 atom stereocenters. The molecule has 3 rings (SSSR count). The lowest BCUT2D eigenvalue weighted by molar-refractivity contribution is 0.199. The summed E-state index contributed by atoms with van der Waals surface area (Å²) >= 11 is 0. The second-order valence-corrected chi connectivity index (χ2v) is 5.19. The van der Waals surface area contributed by atoms with Crippen LogP contribution in [0.15, 0.2) is 42.5 Å². The van der Waals surface area contributed by atoms with Gasteiger partial charge in [-0.3, -0.25) is 0 Å². The van der Waals surface area contributed by atoms with Gasteiger partial charge in [0.25, 0.3) is 0 Å². The number of rotatable bonds is 5. The summed E-state index contributed by atoms with van der Waals surface area (Å²) in [6.07, 6.45) is -0.896. The summed E-state index contributed by atoms with van der Waals surface area (Å²) in [5.74, 6) is 1.71. The second-order valence-electron chi connectivity index (χ2n) is 5.19. The van der Waals surface area contributed by atoms with Crippen LogP contribution in [0, 0.1) is 0 Å². The molecular formula is C18H20N2O3. The molecule has 0 aliphatic heterocycles. The van der Waals surface area contributed by atoms with Crippen LogP contribution in [0.1, 0.15) is 24.4 Å². The Morgan fingerprint density at radius 3 is 2.57 bits per heavy atom. The molecule has 0 fully saturated rings. The van der Waals surface area contributed by atoms with E-state index in [1.165, 1.54) is 0 Å². The fourth-order valence-corrected chi connectivity index (χ4v) is 2.90. The number of methoxy groups -OCH3 is 2. The van der Waals surface area contributed by atoms with Gasteiger partial charge in [-0.25, -0.2) is 4.98 Å². The van der Waals surface area contributed by atoms with Gasteiger partial charge in [-0.1, -0.05) is 24.3 Å². The van der Waals surface area contributed by atoms with Gasteiger partial charge in [0.2, 0.25) is 0 Å². The normalized spacial score (nSPS) is 12.3. The van der Waals surface area contributed by atoms with Crippen LogP contribution < -0.4 is 9.47 Å². The summed E-state index contributed by atoms with van der Waals surface area (Å²) in [6, 6.07) is 13.3. The molecule has 0 aliphatic carbocycles. The molecule has 1 aromatic heterocycles. The topological polar surface area (TPSA) is 56.5 Å². The van der Waals surface area contributed by atoms with Crippen LogP contribution in [0.3, 0.4) is 0 Å². The van der Waals surface area contributed by atoms with Gasteiger partial charge in [-0.2, -0.15) is 0 Å². The third-order valence-electron chi connectivity index (χ3n) is 3.97. The van der Waals surface area contributed by atoms with E-state index in [-0.39, 0.29) is 0 Å². The highest BCUT2D eigenvalue weighted by Crippen LogP contribution is 2.37. The van der Waals surface area contributed by atoms with Crippen molar-refractivity contribution in [3.8, 4) is 11.5 Å². The number of ether oxygens (including phenoxy) is 2. The smallest absolute Gasteiger partial charge is 0.166 e. The standard InChI is InChI=1S/C18H20N2O3/c1-4-20-14-10-6-5-9-13(14)19-18(20)16(21)12-8-7-11-15(22-2)17(12)23-3/h5-11,16,21H,4H2,1-3H3/t16-/m0/s1. The van der Waals surface area contributed by atoms with Gasteiger partial charge in [0.1, 0.15) is 11.9 Å². The highest BCUT2D eigenvalue weighted by atomic mass is 16.5. The lowest BCUT2D eigenvalue weighted by Gasteiger charge is -2.17. The van der Waals surface area contributed by atoms with E-state index in [1.807, 2.05) is 47.9 Å². The molecule has 0 saturated carbocycles. The van der Waals surface area contributed by atoms with Crippen molar-refractivity contribution in [2.24, 2.45) is 0 Å². The number of fused-ring (bicyclic) bond motifs is 1. The van der Waals surface area contributed by atoms with Crippen molar-refractivity contribution in [1.82, 2.24) is 9.55 Å². The van der Waals surface area contributed by atoms with Gasteiger partial charge in [-0.15, -0.1) is 0 Å². The summed E-state index contributed by atoms with van der Waals surface area (Å²) in [6.45, 7) is 2.76. The minimum Gasteiger partial charge on any atom is -0.493 e. The molecule has 0 unspecified atom stereocenters. The van der Waals surface area contributed by atoms with Gasteiger partial charge in [0.15, 0.2) is 11.5 Å². The molecule has 0 spiro atoms. The van der Waals surface area contributed by atoms with Crippen molar-refractivity contribution in [1.29, 1.82) is 0 Å². The van der Waals surface area contributed by atoms with Crippen molar-refractivity contribution in [3.05, 3.63) is 53.9 Å². The minimum absolute atomic E-state index is 0.525. The average Bonchev–Trinajstić information content (AvgIpc) is 2.98. The number of aliphatic hydroxyl groups is 1. The molecule has 3 aromatic rings. The molecule has 0 aliphatic rings. The van der Waals surface area contributed by atoms with E-state index in [0.29, 0.717) is 22.9 Å². The Bertz CT molecular complexity index is 826. The zero-order valence-electron chi connectivity index (χ0n) is 13.5. The number of aliphatic hydroxyl groups excluding tert-OH is 1. The number of aryl methyl sites for hydroxylation is 1. The van der Waals surface area contributed by atoms with Crippen molar-refractivity contribution < 1.29 is 14.6 Å². The van der Waals surface area contributed by atoms with Crippen LogP contribution in [0.4, 0.5) is 0 Å². The van der Waals surface area contributed by atoms with Crippen molar-refractivity contribution in [2.75, 3.05) is 14.2 Å². The van der Waals surface area contributed by atoms with E-state index in [1.54, 1.807) is 20.3 Å². The van der Waals surface area contributed by atoms with Crippen molar-refractivity contribution in [2.45, 2.75) is 19.6 Å². The quantitative estimate of drug-likeness (QED) is 0.786. The van der Waals surface area contributed by atoms with E-state index < -0.39 is 6.10 Å². The maximum Gasteiger partial charge on any atom is 0.166 e. The highest BCUT2D eigenvalue weighted by molar-refractivity contribution is 5.76. The first-order chi connectivity index (χ1) is 11.2. The number of imidazole rings is 1. The van der Waals surface area contributed by atoms with E-state index in [9.17, 15) is 5.11 Å². The van der Waals surface area contributed by atoms with Gasteiger partial charge < -0.3 is 19.1 Å². The molecule has 1 N–H and O–H groups in total. The van der Waals surface area contributed by atoms with Gasteiger partial charge in [0.05, 0.1) is 25.3 Å². The number of benzene rings is 2. The molecular weight excluding hydrogens is 292 g/mol. The lowest BCUT2D eigenvalue weighted by atomic mass is 10.1. The maximum atomic E-state index is 10.9. The van der Waals surface area contributed by atoms with Gasteiger partial charge >= 0.3 is 0 Å². The Morgan fingerprint density at radius 2 is 1.87 bits per heavy atom. The first kappa shape index (κ1) is 15.4. The summed E-state index contributed by atoms with van der Waals surface area (Å²) in [5.41, 5.74) is 2.51. The summed E-state index contributed by atoms with van der Waals surface area (Å²) in [5, 5.41) is 10.9. The largest absolute Gasteiger partial charge is 0.493 e. The summed E-state index contributed by atoms with van der Waals surface area (Å²) in [4.78, 5) is 4.61. The van der Waals surface area contributed by atoms with E-state index >= 15 is 0 Å². The molecule has 23 heavy (non-hydrogen) atoms.